The monoisotopic (exact) mass is 506 g/mol. The smallest absolute Gasteiger partial charge is 0.416 e. The number of ether oxygens (including phenoxy) is 1. The van der Waals surface area contributed by atoms with Crippen LogP contribution >= 0.6 is 0 Å². The van der Waals surface area contributed by atoms with Crippen LogP contribution in [0.1, 0.15) is 74.0 Å². The van der Waals surface area contributed by atoms with Crippen molar-refractivity contribution in [3.05, 3.63) is 65.2 Å². The highest BCUT2D eigenvalue weighted by Crippen LogP contribution is 2.46. The first-order chi connectivity index (χ1) is 17.0. The molecule has 2 atom stereocenters. The predicted molar refractivity (Wildman–Crippen MR) is 125 cm³/mol. The Bertz CT molecular complexity index is 1100. The first-order valence-electron chi connectivity index (χ1n) is 11.8. The van der Waals surface area contributed by atoms with Crippen molar-refractivity contribution >= 4 is 17.9 Å². The summed E-state index contributed by atoms with van der Waals surface area (Å²) in [7, 11) is 0. The van der Waals surface area contributed by atoms with Gasteiger partial charge < -0.3 is 15.2 Å². The molecule has 2 aromatic carbocycles. The standard InChI is InChI=1S/C26H29F3N2O5/c1-4-7-20(16-8-12-18(13-9-16)26(27,28)29)30-24(35)31-22(34)25(5-2,6-3)23(31)36-19-14-10-17(11-15-19)21(32)33/h8-15,20,23H,4-7H2,1-3H3,(H,30,35)(H,32,33). The minimum absolute atomic E-state index is 0.0674. The number of halogens is 3. The number of carboxylic acids is 1. The lowest BCUT2D eigenvalue weighted by Gasteiger charge is -2.53. The van der Waals surface area contributed by atoms with Crippen LogP contribution in [0.15, 0.2) is 48.5 Å². The molecule has 1 heterocycles. The minimum Gasteiger partial charge on any atom is -0.478 e. The molecule has 2 aromatic rings. The molecule has 1 fully saturated rings. The SMILES string of the molecule is CCCC(NC(=O)N1C(=O)C(CC)(CC)C1Oc1ccc(C(=O)O)cc1)c1ccc(C(F)(F)F)cc1. The summed E-state index contributed by atoms with van der Waals surface area (Å²) >= 11 is 0. The molecule has 7 nitrogen and oxygen atoms in total. The van der Waals surface area contributed by atoms with Crippen LogP contribution in [0.5, 0.6) is 5.75 Å². The van der Waals surface area contributed by atoms with E-state index in [4.69, 9.17) is 9.84 Å². The van der Waals surface area contributed by atoms with Crippen LogP contribution in [-0.4, -0.2) is 34.1 Å². The number of hydrogen-bond acceptors (Lipinski definition) is 4. The number of alkyl halides is 3. The largest absolute Gasteiger partial charge is 0.478 e. The predicted octanol–water partition coefficient (Wildman–Crippen LogP) is 6.01. The molecule has 10 heteroatoms. The maximum atomic E-state index is 13.2. The molecule has 1 saturated heterocycles. The number of likely N-dealkylation sites (tertiary alicyclic amines) is 1. The fourth-order valence-corrected chi connectivity index (χ4v) is 4.44. The van der Waals surface area contributed by atoms with Gasteiger partial charge in [0.25, 0.3) is 0 Å². The summed E-state index contributed by atoms with van der Waals surface area (Å²) in [4.78, 5) is 38.5. The Balaban J connectivity index is 1.83. The van der Waals surface area contributed by atoms with E-state index in [-0.39, 0.29) is 5.56 Å². The second kappa shape index (κ2) is 10.6. The van der Waals surface area contributed by atoms with E-state index in [1.54, 1.807) is 0 Å². The molecule has 1 aliphatic rings. The van der Waals surface area contributed by atoms with E-state index in [1.165, 1.54) is 36.4 Å². The third-order valence-electron chi connectivity index (χ3n) is 6.70. The van der Waals surface area contributed by atoms with Gasteiger partial charge in [-0.15, -0.1) is 0 Å². The van der Waals surface area contributed by atoms with E-state index in [0.717, 1.165) is 17.0 Å². The summed E-state index contributed by atoms with van der Waals surface area (Å²) < 4.78 is 44.9. The lowest BCUT2D eigenvalue weighted by molar-refractivity contribution is -0.191. The Morgan fingerprint density at radius 2 is 1.64 bits per heavy atom. The van der Waals surface area contributed by atoms with E-state index in [9.17, 15) is 27.6 Å². The van der Waals surface area contributed by atoms with E-state index < -0.39 is 47.3 Å². The van der Waals surface area contributed by atoms with Crippen LogP contribution in [0.4, 0.5) is 18.0 Å². The third kappa shape index (κ3) is 5.17. The van der Waals surface area contributed by atoms with Gasteiger partial charge in [-0.1, -0.05) is 39.3 Å². The van der Waals surface area contributed by atoms with Crippen molar-refractivity contribution in [2.45, 2.75) is 64.9 Å². The number of urea groups is 1. The summed E-state index contributed by atoms with van der Waals surface area (Å²) in [6.07, 6.45) is -3.46. The van der Waals surface area contributed by atoms with Gasteiger partial charge in [-0.2, -0.15) is 13.2 Å². The lowest BCUT2D eigenvalue weighted by Crippen LogP contribution is -2.73. The highest BCUT2D eigenvalue weighted by atomic mass is 19.4. The minimum atomic E-state index is -4.47. The number of nitrogens with zero attached hydrogens (tertiary/aromatic N) is 1. The highest BCUT2D eigenvalue weighted by molar-refractivity contribution is 6.03. The Morgan fingerprint density at radius 1 is 1.06 bits per heavy atom. The molecular formula is C26H29F3N2O5. The zero-order valence-corrected chi connectivity index (χ0v) is 20.3. The quantitative estimate of drug-likeness (QED) is 0.406. The number of nitrogens with one attached hydrogen (secondary N) is 1. The van der Waals surface area contributed by atoms with Gasteiger partial charge in [0.05, 0.1) is 17.2 Å². The van der Waals surface area contributed by atoms with Crippen LogP contribution in [0.3, 0.4) is 0 Å². The van der Waals surface area contributed by atoms with E-state index in [1.807, 2.05) is 20.8 Å². The summed E-state index contributed by atoms with van der Waals surface area (Å²) in [5.41, 5.74) is -1.16. The van der Waals surface area contributed by atoms with Crippen molar-refractivity contribution in [2.75, 3.05) is 0 Å². The van der Waals surface area contributed by atoms with Gasteiger partial charge in [-0.3, -0.25) is 4.79 Å². The van der Waals surface area contributed by atoms with Crippen molar-refractivity contribution < 1.29 is 37.4 Å². The number of imide groups is 1. The second-order valence-electron chi connectivity index (χ2n) is 8.75. The Labute approximate surface area is 207 Å². The number of rotatable bonds is 9. The molecule has 0 aliphatic carbocycles. The molecule has 0 spiro atoms. The fourth-order valence-electron chi connectivity index (χ4n) is 4.44. The second-order valence-corrected chi connectivity index (χ2v) is 8.75. The molecule has 1 aliphatic heterocycles. The number of benzene rings is 2. The highest BCUT2D eigenvalue weighted by Gasteiger charge is 2.63. The van der Waals surface area contributed by atoms with Crippen molar-refractivity contribution in [2.24, 2.45) is 5.41 Å². The van der Waals surface area contributed by atoms with Crippen molar-refractivity contribution in [1.29, 1.82) is 0 Å². The molecule has 3 amide bonds. The maximum Gasteiger partial charge on any atom is 0.416 e. The molecule has 0 bridgehead atoms. The zero-order valence-electron chi connectivity index (χ0n) is 20.3. The Kier molecular flexibility index (Phi) is 7.96. The normalized spacial score (nSPS) is 17.8. The van der Waals surface area contributed by atoms with Gasteiger partial charge in [-0.05, 0) is 61.2 Å². The molecule has 194 valence electrons. The molecule has 0 radical (unpaired) electrons. The van der Waals surface area contributed by atoms with Crippen molar-refractivity contribution in [1.82, 2.24) is 10.2 Å². The number of carbonyl (C=O) groups excluding carboxylic acids is 2. The van der Waals surface area contributed by atoms with Crippen LogP contribution in [0, 0.1) is 5.41 Å². The van der Waals surface area contributed by atoms with Crippen LogP contribution in [0.2, 0.25) is 0 Å². The summed E-state index contributed by atoms with van der Waals surface area (Å²) in [6, 6.07) is 8.91. The molecule has 0 saturated carbocycles. The third-order valence-corrected chi connectivity index (χ3v) is 6.70. The van der Waals surface area contributed by atoms with Crippen molar-refractivity contribution in [3.8, 4) is 5.75 Å². The number of aromatic carboxylic acids is 1. The van der Waals surface area contributed by atoms with Crippen molar-refractivity contribution in [3.63, 3.8) is 0 Å². The van der Waals surface area contributed by atoms with Gasteiger partial charge in [0.15, 0.2) is 6.23 Å². The number of amides is 3. The molecule has 0 aromatic heterocycles. The molecule has 3 rings (SSSR count). The van der Waals surface area contributed by atoms with Crippen LogP contribution < -0.4 is 10.1 Å². The van der Waals surface area contributed by atoms with E-state index in [2.05, 4.69) is 5.32 Å². The Morgan fingerprint density at radius 3 is 2.11 bits per heavy atom. The average molecular weight is 507 g/mol. The molecular weight excluding hydrogens is 477 g/mol. The summed E-state index contributed by atoms with van der Waals surface area (Å²) in [5.74, 6) is -1.20. The molecule has 2 N–H and O–H groups in total. The zero-order chi connectivity index (χ0) is 26.7. The van der Waals surface area contributed by atoms with Gasteiger partial charge in [0, 0.05) is 0 Å². The lowest BCUT2D eigenvalue weighted by atomic mass is 9.72. The number of β-lactam (4-membered cyclic amide) rings is 1. The topological polar surface area (TPSA) is 95.9 Å². The summed E-state index contributed by atoms with van der Waals surface area (Å²) in [6.45, 7) is 5.52. The summed E-state index contributed by atoms with van der Waals surface area (Å²) in [5, 5.41) is 11.9. The van der Waals surface area contributed by atoms with Gasteiger partial charge in [0.2, 0.25) is 5.91 Å². The van der Waals surface area contributed by atoms with Crippen LogP contribution in [0.25, 0.3) is 0 Å². The molecule has 36 heavy (non-hydrogen) atoms. The van der Waals surface area contributed by atoms with Crippen LogP contribution in [-0.2, 0) is 11.0 Å². The van der Waals surface area contributed by atoms with Gasteiger partial charge in [-0.25, -0.2) is 14.5 Å². The van der Waals surface area contributed by atoms with E-state index in [0.29, 0.717) is 37.0 Å². The Hall–Kier alpha value is -3.56. The maximum absolute atomic E-state index is 13.2. The van der Waals surface area contributed by atoms with E-state index >= 15 is 0 Å². The van der Waals surface area contributed by atoms with Gasteiger partial charge in [0.1, 0.15) is 11.2 Å². The number of carboxylic acid groups (broad SMARTS) is 1. The first-order valence-corrected chi connectivity index (χ1v) is 11.8. The fraction of sp³-hybridized carbons (Fsp3) is 0.423. The first kappa shape index (κ1) is 27.0. The number of carbonyl (C=O) groups is 3. The number of hydrogen-bond donors (Lipinski definition) is 2. The molecule has 2 unspecified atom stereocenters. The van der Waals surface area contributed by atoms with Gasteiger partial charge >= 0.3 is 18.2 Å². The average Bonchev–Trinajstić information content (AvgIpc) is 2.84.